The van der Waals surface area contributed by atoms with E-state index >= 15 is 0 Å². The lowest BCUT2D eigenvalue weighted by Crippen LogP contribution is -2.41. The van der Waals surface area contributed by atoms with Crippen molar-refractivity contribution in [2.45, 2.75) is 31.7 Å². The van der Waals surface area contributed by atoms with E-state index in [1.165, 1.54) is 6.92 Å². The molecule has 0 fully saturated rings. The minimum atomic E-state index is -4.75. The molecule has 8 heteroatoms. The van der Waals surface area contributed by atoms with Crippen LogP contribution in [0.25, 0.3) is 6.08 Å². The van der Waals surface area contributed by atoms with Gasteiger partial charge in [0, 0.05) is 10.0 Å². The van der Waals surface area contributed by atoms with Crippen molar-refractivity contribution in [2.24, 2.45) is 0 Å². The Bertz CT molecular complexity index is 641. The largest absolute Gasteiger partial charge is 0.475 e. The van der Waals surface area contributed by atoms with E-state index in [-0.39, 0.29) is 5.75 Å². The zero-order chi connectivity index (χ0) is 16.7. The number of esters is 1. The molecule has 0 amide bonds. The first-order chi connectivity index (χ1) is 10.1. The van der Waals surface area contributed by atoms with E-state index < -0.39 is 29.4 Å². The first-order valence-corrected chi connectivity index (χ1v) is 7.42. The van der Waals surface area contributed by atoms with Gasteiger partial charge in [0.05, 0.1) is 5.57 Å². The molecule has 22 heavy (non-hydrogen) atoms. The van der Waals surface area contributed by atoms with Crippen LogP contribution in [-0.2, 0) is 9.53 Å². The molecule has 1 unspecified atom stereocenters. The smallest absolute Gasteiger partial charge is 0.430 e. The standard InChI is InChI=1S/C14H11BrClF3O3/c1-6-3-9(15)4-8-5-10(13(20)21-7(2)16)12(14(17,18)19)22-11(6)8/h3-5,7,12H,1-2H3/t7?,12-/m0/s1. The van der Waals surface area contributed by atoms with Crippen LogP contribution in [0.1, 0.15) is 18.1 Å². The molecule has 1 aromatic carbocycles. The van der Waals surface area contributed by atoms with Crippen molar-refractivity contribution in [3.05, 3.63) is 33.3 Å². The van der Waals surface area contributed by atoms with Crippen molar-refractivity contribution in [2.75, 3.05) is 0 Å². The number of ether oxygens (including phenoxy) is 2. The highest BCUT2D eigenvalue weighted by molar-refractivity contribution is 9.10. The fraction of sp³-hybridized carbons (Fsp3) is 0.357. The Balaban J connectivity index is 2.53. The molecule has 120 valence electrons. The first kappa shape index (κ1) is 17.1. The number of benzene rings is 1. The maximum Gasteiger partial charge on any atom is 0.430 e. The Morgan fingerprint density at radius 3 is 2.64 bits per heavy atom. The fourth-order valence-corrected chi connectivity index (χ4v) is 2.74. The van der Waals surface area contributed by atoms with Gasteiger partial charge in [-0.05, 0) is 37.6 Å². The second-order valence-electron chi connectivity index (χ2n) is 4.73. The molecule has 0 aromatic heterocycles. The molecule has 0 saturated heterocycles. The number of aryl methyl sites for hydroxylation is 1. The third-order valence-electron chi connectivity index (χ3n) is 2.90. The van der Waals surface area contributed by atoms with Gasteiger partial charge < -0.3 is 9.47 Å². The van der Waals surface area contributed by atoms with Crippen LogP contribution in [0, 0.1) is 6.92 Å². The Morgan fingerprint density at radius 1 is 1.45 bits per heavy atom. The van der Waals surface area contributed by atoms with Gasteiger partial charge in [0.2, 0.25) is 6.10 Å². The Hall–Kier alpha value is -1.21. The maximum atomic E-state index is 13.2. The fourth-order valence-electron chi connectivity index (χ4n) is 2.07. The second kappa shape index (κ2) is 6.12. The molecule has 1 aliphatic heterocycles. The minimum Gasteiger partial charge on any atom is -0.475 e. The number of rotatable bonds is 2. The molecular weight excluding hydrogens is 389 g/mol. The highest BCUT2D eigenvalue weighted by Crippen LogP contribution is 2.40. The molecule has 0 bridgehead atoms. The lowest BCUT2D eigenvalue weighted by molar-refractivity contribution is -0.188. The van der Waals surface area contributed by atoms with Crippen molar-refractivity contribution in [1.82, 2.24) is 0 Å². The summed E-state index contributed by atoms with van der Waals surface area (Å²) in [5.74, 6) is -1.07. The molecule has 0 aliphatic carbocycles. The maximum absolute atomic E-state index is 13.2. The van der Waals surface area contributed by atoms with Crippen LogP contribution in [0.2, 0.25) is 0 Å². The highest BCUT2D eigenvalue weighted by atomic mass is 79.9. The number of halogens is 5. The van der Waals surface area contributed by atoms with Crippen molar-refractivity contribution in [3.8, 4) is 5.75 Å². The quantitative estimate of drug-likeness (QED) is 0.539. The van der Waals surface area contributed by atoms with E-state index in [4.69, 9.17) is 16.3 Å². The number of hydrogen-bond acceptors (Lipinski definition) is 3. The molecular formula is C14H11BrClF3O3. The molecule has 0 radical (unpaired) electrons. The number of fused-ring (bicyclic) bond motifs is 1. The number of carbonyl (C=O) groups excluding carboxylic acids is 1. The summed E-state index contributed by atoms with van der Waals surface area (Å²) < 4.78 is 49.9. The SMILES string of the molecule is Cc1cc(Br)cc2c1O[C@H](C(F)(F)F)C(C(=O)OC(C)Cl)=C2. The molecule has 0 N–H and O–H groups in total. The molecule has 2 atom stereocenters. The van der Waals surface area contributed by atoms with Gasteiger partial charge in [-0.15, -0.1) is 0 Å². The van der Waals surface area contributed by atoms with Gasteiger partial charge >= 0.3 is 12.1 Å². The summed E-state index contributed by atoms with van der Waals surface area (Å²) in [6.45, 7) is 2.95. The summed E-state index contributed by atoms with van der Waals surface area (Å²) in [7, 11) is 0. The third-order valence-corrected chi connectivity index (χ3v) is 3.45. The summed E-state index contributed by atoms with van der Waals surface area (Å²) in [6.07, 6.45) is -6.02. The lowest BCUT2D eigenvalue weighted by atomic mass is 9.99. The Kier molecular flexibility index (Phi) is 4.77. The van der Waals surface area contributed by atoms with Crippen LogP contribution in [0.4, 0.5) is 13.2 Å². The van der Waals surface area contributed by atoms with Crippen LogP contribution in [0.15, 0.2) is 22.2 Å². The van der Waals surface area contributed by atoms with Crippen molar-refractivity contribution in [3.63, 3.8) is 0 Å². The van der Waals surface area contributed by atoms with Crippen molar-refractivity contribution < 1.29 is 27.4 Å². The van der Waals surface area contributed by atoms with Gasteiger partial charge in [-0.25, -0.2) is 4.79 Å². The summed E-state index contributed by atoms with van der Waals surface area (Å²) >= 11 is 8.75. The van der Waals surface area contributed by atoms with E-state index in [9.17, 15) is 18.0 Å². The molecule has 2 rings (SSSR count). The van der Waals surface area contributed by atoms with Crippen LogP contribution < -0.4 is 4.74 Å². The van der Waals surface area contributed by atoms with Gasteiger partial charge in [-0.1, -0.05) is 27.5 Å². The summed E-state index contributed by atoms with van der Waals surface area (Å²) in [5, 5.41) is 0. The molecule has 0 spiro atoms. The van der Waals surface area contributed by atoms with Crippen molar-refractivity contribution in [1.29, 1.82) is 0 Å². The number of hydrogen-bond donors (Lipinski definition) is 0. The monoisotopic (exact) mass is 398 g/mol. The second-order valence-corrected chi connectivity index (χ2v) is 6.26. The van der Waals surface area contributed by atoms with E-state index in [1.807, 2.05) is 0 Å². The van der Waals surface area contributed by atoms with Gasteiger partial charge in [-0.2, -0.15) is 13.2 Å². The van der Waals surface area contributed by atoms with Gasteiger partial charge in [0.1, 0.15) is 5.75 Å². The predicted octanol–water partition coefficient (Wildman–Crippen LogP) is 4.59. The lowest BCUT2D eigenvalue weighted by Gasteiger charge is -2.29. The van der Waals surface area contributed by atoms with Crippen LogP contribution in [0.3, 0.4) is 0 Å². The molecule has 0 saturated carbocycles. The topological polar surface area (TPSA) is 35.5 Å². The van der Waals surface area contributed by atoms with Crippen LogP contribution >= 0.6 is 27.5 Å². The van der Waals surface area contributed by atoms with E-state index in [1.54, 1.807) is 19.1 Å². The number of carbonyl (C=O) groups is 1. The van der Waals surface area contributed by atoms with Gasteiger partial charge in [0.15, 0.2) is 5.56 Å². The zero-order valence-corrected chi connectivity index (χ0v) is 13.8. The first-order valence-electron chi connectivity index (χ1n) is 6.19. The van der Waals surface area contributed by atoms with Gasteiger partial charge in [-0.3, -0.25) is 0 Å². The highest BCUT2D eigenvalue weighted by Gasteiger charge is 2.49. The summed E-state index contributed by atoms with van der Waals surface area (Å²) in [5.41, 5.74) is -0.799. The Labute approximate surface area is 138 Å². The molecule has 1 heterocycles. The third kappa shape index (κ3) is 3.57. The van der Waals surface area contributed by atoms with Crippen LogP contribution in [0.5, 0.6) is 5.75 Å². The summed E-state index contributed by atoms with van der Waals surface area (Å²) in [6, 6.07) is 3.19. The van der Waals surface area contributed by atoms with E-state index in [2.05, 4.69) is 20.7 Å². The molecule has 1 aliphatic rings. The van der Waals surface area contributed by atoms with Gasteiger partial charge in [0.25, 0.3) is 0 Å². The molecule has 3 nitrogen and oxygen atoms in total. The average Bonchev–Trinajstić information content (AvgIpc) is 2.35. The normalized spacial score (nSPS) is 18.9. The Morgan fingerprint density at radius 2 is 2.09 bits per heavy atom. The summed E-state index contributed by atoms with van der Waals surface area (Å²) in [4.78, 5) is 11.9. The minimum absolute atomic E-state index is 0.0843. The average molecular weight is 400 g/mol. The number of alkyl halides is 4. The van der Waals surface area contributed by atoms with Crippen LogP contribution in [-0.4, -0.2) is 23.8 Å². The van der Waals surface area contributed by atoms with E-state index in [0.29, 0.717) is 15.6 Å². The molecule has 1 aromatic rings. The predicted molar refractivity (Wildman–Crippen MR) is 78.7 cm³/mol. The van der Waals surface area contributed by atoms with Crippen molar-refractivity contribution >= 4 is 39.6 Å². The zero-order valence-electron chi connectivity index (χ0n) is 11.5. The van der Waals surface area contributed by atoms with E-state index in [0.717, 1.165) is 6.08 Å².